The van der Waals surface area contributed by atoms with Crippen molar-refractivity contribution in [1.82, 2.24) is 25.5 Å². The Kier molecular flexibility index (Phi) is 7.92. The van der Waals surface area contributed by atoms with Crippen LogP contribution in [0.2, 0.25) is 0 Å². The molecule has 2 amide bonds. The highest BCUT2D eigenvalue weighted by atomic mass is 32.2. The number of aryl methyl sites for hydroxylation is 1. The monoisotopic (exact) mass is 604 g/mol. The summed E-state index contributed by atoms with van der Waals surface area (Å²) in [6, 6.07) is 15.5. The lowest BCUT2D eigenvalue weighted by Gasteiger charge is -2.56. The van der Waals surface area contributed by atoms with E-state index in [1.54, 1.807) is 16.4 Å². The maximum atomic E-state index is 13.1. The van der Waals surface area contributed by atoms with E-state index in [0.717, 1.165) is 64.6 Å². The molecule has 4 aliphatic carbocycles. The second-order valence-corrected chi connectivity index (χ2v) is 14.1. The minimum absolute atomic E-state index is 0.000951. The summed E-state index contributed by atoms with van der Waals surface area (Å²) in [7, 11) is 1.82. The molecule has 3 N–H and O–H groups in total. The van der Waals surface area contributed by atoms with Gasteiger partial charge in [-0.2, -0.15) is 0 Å². The van der Waals surface area contributed by atoms with E-state index in [9.17, 15) is 9.90 Å². The summed E-state index contributed by atoms with van der Waals surface area (Å²) in [6.07, 6.45) is 6.48. The van der Waals surface area contributed by atoms with Gasteiger partial charge in [-0.25, -0.2) is 9.48 Å². The summed E-state index contributed by atoms with van der Waals surface area (Å²) < 4.78 is 14.8. The fourth-order valence-corrected chi connectivity index (χ4v) is 9.21. The maximum absolute atomic E-state index is 13.1. The molecule has 0 radical (unpaired) electrons. The Labute approximate surface area is 256 Å². The van der Waals surface area contributed by atoms with Gasteiger partial charge < -0.3 is 25.2 Å². The molecule has 8 rings (SSSR count). The topological polar surface area (TPSA) is 123 Å². The summed E-state index contributed by atoms with van der Waals surface area (Å²) in [6.45, 7) is 2.13. The van der Waals surface area contributed by atoms with Crippen molar-refractivity contribution >= 4 is 23.5 Å². The minimum Gasteiger partial charge on any atom is -0.392 e. The number of urea groups is 1. The normalized spacial score (nSPS) is 33.0. The van der Waals surface area contributed by atoms with Crippen molar-refractivity contribution in [3.63, 3.8) is 0 Å². The van der Waals surface area contributed by atoms with E-state index in [4.69, 9.17) is 9.47 Å². The Morgan fingerprint density at radius 3 is 2.26 bits per heavy atom. The molecule has 2 aromatic carbocycles. The molecule has 11 heteroatoms. The minimum atomic E-state index is -0.586. The lowest BCUT2D eigenvalue weighted by atomic mass is 9.53. The Hall–Kier alpha value is -2.99. The molecule has 0 spiro atoms. The van der Waals surface area contributed by atoms with E-state index < -0.39 is 6.29 Å². The number of aliphatic hydroxyl groups is 1. The van der Waals surface area contributed by atoms with Gasteiger partial charge in [0, 0.05) is 35.5 Å². The predicted molar refractivity (Wildman–Crippen MR) is 162 cm³/mol. The predicted octanol–water partition coefficient (Wildman–Crippen LogP) is 5.38. The van der Waals surface area contributed by atoms with Gasteiger partial charge in [-0.1, -0.05) is 55.1 Å². The standard InChI is InChI=1S/C32H40N6O4S/c1-19-27(18-43-31-35-36-37-38(31)2)41-29(42-28(19)24-5-3-20(17-39)4-6-24)25-7-9-26(10-8-25)33-30(40)34-32-14-21-11-22(15-32)13-23(12-21)16-32/h3-10,19,21-23,27-29,39H,11-18H2,1-2H3,(H2,33,34,40)/t19-,21?,22?,23?,27+,28+,29+,32?/m1/s1. The van der Waals surface area contributed by atoms with Crippen LogP contribution >= 0.6 is 11.8 Å². The average molecular weight is 605 g/mol. The first-order valence-electron chi connectivity index (χ1n) is 15.4. The van der Waals surface area contributed by atoms with Crippen molar-refractivity contribution in [2.45, 2.75) is 81.2 Å². The van der Waals surface area contributed by atoms with Gasteiger partial charge in [0.2, 0.25) is 5.16 Å². The van der Waals surface area contributed by atoms with Crippen LogP contribution in [0.1, 0.15) is 74.5 Å². The Morgan fingerprint density at radius 1 is 1.00 bits per heavy atom. The van der Waals surface area contributed by atoms with Crippen molar-refractivity contribution in [1.29, 1.82) is 0 Å². The zero-order valence-electron chi connectivity index (χ0n) is 24.7. The number of nitrogens with one attached hydrogen (secondary N) is 2. The number of rotatable bonds is 8. The number of carbonyl (C=O) groups is 1. The molecule has 1 aliphatic heterocycles. The fraction of sp³-hybridized carbons (Fsp3) is 0.562. The van der Waals surface area contributed by atoms with Crippen LogP contribution in [0.5, 0.6) is 0 Å². The van der Waals surface area contributed by atoms with Crippen LogP contribution < -0.4 is 10.6 Å². The summed E-state index contributed by atoms with van der Waals surface area (Å²) in [5.74, 6) is 3.04. The van der Waals surface area contributed by atoms with Gasteiger partial charge in [0.1, 0.15) is 0 Å². The van der Waals surface area contributed by atoms with Crippen LogP contribution in [0.25, 0.3) is 0 Å². The molecular formula is C32H40N6O4S. The van der Waals surface area contributed by atoms with Crippen LogP contribution in [0.3, 0.4) is 0 Å². The number of anilines is 1. The lowest BCUT2D eigenvalue weighted by molar-refractivity contribution is -0.268. The number of nitrogens with zero attached hydrogens (tertiary/aromatic N) is 4. The Bertz CT molecular complexity index is 1400. The van der Waals surface area contributed by atoms with E-state index in [-0.39, 0.29) is 36.3 Å². The van der Waals surface area contributed by atoms with Crippen molar-refractivity contribution in [2.75, 3.05) is 11.1 Å². The average Bonchev–Trinajstić information content (AvgIpc) is 3.40. The highest BCUT2D eigenvalue weighted by Gasteiger charge is 2.51. The number of ether oxygens (including phenoxy) is 2. The molecule has 10 nitrogen and oxygen atoms in total. The van der Waals surface area contributed by atoms with Gasteiger partial charge in [0.15, 0.2) is 6.29 Å². The van der Waals surface area contributed by atoms with Crippen molar-refractivity contribution in [2.24, 2.45) is 30.7 Å². The highest BCUT2D eigenvalue weighted by molar-refractivity contribution is 7.99. The van der Waals surface area contributed by atoms with Gasteiger partial charge in [-0.05, 0) is 90.0 Å². The molecule has 43 heavy (non-hydrogen) atoms. The zero-order chi connectivity index (χ0) is 29.6. The lowest BCUT2D eigenvalue weighted by Crippen LogP contribution is -2.60. The number of thioether (sulfide) groups is 1. The van der Waals surface area contributed by atoms with Gasteiger partial charge >= 0.3 is 6.03 Å². The number of aliphatic hydroxyl groups excluding tert-OH is 1. The molecular weight excluding hydrogens is 564 g/mol. The van der Waals surface area contributed by atoms with Crippen LogP contribution in [-0.2, 0) is 23.1 Å². The molecule has 4 atom stereocenters. The van der Waals surface area contributed by atoms with E-state index in [1.807, 2.05) is 55.6 Å². The smallest absolute Gasteiger partial charge is 0.319 e. The SMILES string of the molecule is C[C@@H]1[C@H](CSc2nnnn2C)O[C@H](c2ccc(NC(=O)NC34CC5CC(CC(C5)C3)C4)cc2)O[C@@H]1c1ccc(CO)cc1. The molecule has 4 saturated carbocycles. The highest BCUT2D eigenvalue weighted by Crippen LogP contribution is 2.55. The number of tetrazole rings is 1. The van der Waals surface area contributed by atoms with E-state index >= 15 is 0 Å². The molecule has 0 unspecified atom stereocenters. The van der Waals surface area contributed by atoms with Crippen molar-refractivity contribution in [3.8, 4) is 0 Å². The molecule has 3 aromatic rings. The Balaban J connectivity index is 1.04. The number of hydrogen-bond acceptors (Lipinski definition) is 8. The molecule has 1 saturated heterocycles. The van der Waals surface area contributed by atoms with Crippen LogP contribution in [0.4, 0.5) is 10.5 Å². The molecule has 5 aliphatic rings. The van der Waals surface area contributed by atoms with Crippen molar-refractivity contribution in [3.05, 3.63) is 65.2 Å². The molecule has 2 heterocycles. The molecule has 4 bridgehead atoms. The van der Waals surface area contributed by atoms with Crippen molar-refractivity contribution < 1.29 is 19.4 Å². The van der Waals surface area contributed by atoms with Gasteiger partial charge in [0.25, 0.3) is 0 Å². The van der Waals surface area contributed by atoms with Crippen LogP contribution in [-0.4, -0.2) is 48.7 Å². The van der Waals surface area contributed by atoms with E-state index in [2.05, 4.69) is 33.1 Å². The summed E-state index contributed by atoms with van der Waals surface area (Å²) in [4.78, 5) is 13.1. The third-order valence-corrected chi connectivity index (χ3v) is 11.0. The first kappa shape index (κ1) is 28.8. The van der Waals surface area contributed by atoms with E-state index in [0.29, 0.717) is 5.75 Å². The first-order valence-corrected chi connectivity index (χ1v) is 16.4. The third-order valence-electron chi connectivity index (χ3n) is 9.94. The summed E-state index contributed by atoms with van der Waals surface area (Å²) in [5.41, 5.74) is 3.49. The van der Waals surface area contributed by atoms with Gasteiger partial charge in [-0.3, -0.25) is 0 Å². The quantitative estimate of drug-likeness (QED) is 0.293. The largest absolute Gasteiger partial charge is 0.392 e. The summed E-state index contributed by atoms with van der Waals surface area (Å²) in [5, 5.41) is 28.5. The molecule has 5 fully saturated rings. The van der Waals surface area contributed by atoms with Crippen LogP contribution in [0, 0.1) is 23.7 Å². The number of aromatic nitrogens is 4. The molecule has 1 aromatic heterocycles. The fourth-order valence-electron chi connectivity index (χ4n) is 8.20. The molecule has 228 valence electrons. The van der Waals surface area contributed by atoms with Gasteiger partial charge in [-0.15, -0.1) is 5.10 Å². The summed E-state index contributed by atoms with van der Waals surface area (Å²) >= 11 is 1.56. The maximum Gasteiger partial charge on any atom is 0.319 e. The second-order valence-electron chi connectivity index (χ2n) is 13.1. The second kappa shape index (κ2) is 11.8. The number of hydrogen-bond donors (Lipinski definition) is 3. The van der Waals surface area contributed by atoms with E-state index in [1.165, 1.54) is 19.3 Å². The first-order chi connectivity index (χ1) is 20.9. The third kappa shape index (κ3) is 6.05. The Morgan fingerprint density at radius 2 is 1.65 bits per heavy atom. The number of benzene rings is 2. The number of carbonyl (C=O) groups excluding carboxylic acids is 1. The number of amides is 2. The zero-order valence-corrected chi connectivity index (χ0v) is 25.5. The van der Waals surface area contributed by atoms with Gasteiger partial charge in [0.05, 0.1) is 18.8 Å². The van der Waals surface area contributed by atoms with Crippen LogP contribution in [0.15, 0.2) is 53.7 Å².